The summed E-state index contributed by atoms with van der Waals surface area (Å²) in [6.45, 7) is 13.0. The van der Waals surface area contributed by atoms with Crippen molar-refractivity contribution in [1.29, 1.82) is 0 Å². The second kappa shape index (κ2) is 7.28. The highest BCUT2D eigenvalue weighted by atomic mass is 35.5. The SMILES string of the molecule is C=C(C1=[N+](C)c2ccccc2C1(C)C)c1ccc(N(CC)CCCl)cc1. The van der Waals surface area contributed by atoms with Crippen molar-refractivity contribution in [3.05, 3.63) is 66.2 Å². The van der Waals surface area contributed by atoms with E-state index in [-0.39, 0.29) is 5.41 Å². The third-order valence-corrected chi connectivity index (χ3v) is 5.64. The molecule has 3 heteroatoms. The number of nitrogens with zero attached hydrogens (tertiary/aromatic N) is 2. The van der Waals surface area contributed by atoms with Crippen molar-refractivity contribution in [2.75, 3.05) is 30.9 Å². The first-order valence-corrected chi connectivity index (χ1v) is 9.76. The average Bonchev–Trinajstić information content (AvgIpc) is 2.86. The first-order chi connectivity index (χ1) is 12.4. The van der Waals surface area contributed by atoms with Gasteiger partial charge in [0.05, 0.1) is 5.41 Å². The summed E-state index contributed by atoms with van der Waals surface area (Å²) in [7, 11) is 2.14. The van der Waals surface area contributed by atoms with E-state index in [9.17, 15) is 0 Å². The third kappa shape index (κ3) is 3.07. The topological polar surface area (TPSA) is 6.25 Å². The predicted octanol–water partition coefficient (Wildman–Crippen LogP) is 5.47. The van der Waals surface area contributed by atoms with Crippen molar-refractivity contribution >= 4 is 34.3 Å². The molecule has 0 saturated carbocycles. The molecule has 0 unspecified atom stereocenters. The minimum absolute atomic E-state index is 0.0603. The van der Waals surface area contributed by atoms with Crippen LogP contribution in [-0.4, -0.2) is 36.3 Å². The predicted molar refractivity (Wildman–Crippen MR) is 114 cm³/mol. The molecule has 1 heterocycles. The Bertz CT molecular complexity index is 847. The minimum atomic E-state index is -0.0603. The van der Waals surface area contributed by atoms with Crippen LogP contribution in [0.4, 0.5) is 11.4 Å². The normalized spacial score (nSPS) is 15.1. The monoisotopic (exact) mass is 367 g/mol. The van der Waals surface area contributed by atoms with E-state index < -0.39 is 0 Å². The second-order valence-corrected chi connectivity index (χ2v) is 7.72. The van der Waals surface area contributed by atoms with Crippen LogP contribution >= 0.6 is 11.6 Å². The number of rotatable bonds is 6. The molecule has 26 heavy (non-hydrogen) atoms. The van der Waals surface area contributed by atoms with E-state index >= 15 is 0 Å². The molecule has 0 radical (unpaired) electrons. The molecule has 0 aliphatic carbocycles. The maximum Gasteiger partial charge on any atom is 0.209 e. The highest BCUT2D eigenvalue weighted by molar-refractivity contribution is 6.26. The van der Waals surface area contributed by atoms with E-state index in [0.717, 1.165) is 18.7 Å². The Morgan fingerprint density at radius 1 is 1.12 bits per heavy atom. The Morgan fingerprint density at radius 2 is 1.77 bits per heavy atom. The second-order valence-electron chi connectivity index (χ2n) is 7.34. The number of hydrogen-bond acceptors (Lipinski definition) is 1. The van der Waals surface area contributed by atoms with Gasteiger partial charge in [-0.05, 0) is 38.5 Å². The zero-order chi connectivity index (χ0) is 18.9. The summed E-state index contributed by atoms with van der Waals surface area (Å²) in [6.07, 6.45) is 0. The number of alkyl halides is 1. The summed E-state index contributed by atoms with van der Waals surface area (Å²) in [5, 5.41) is 0. The molecule has 0 atom stereocenters. The van der Waals surface area contributed by atoms with Gasteiger partial charge in [-0.25, -0.2) is 0 Å². The van der Waals surface area contributed by atoms with Crippen LogP contribution in [0.1, 0.15) is 31.9 Å². The molecule has 3 rings (SSSR count). The summed E-state index contributed by atoms with van der Waals surface area (Å²) in [4.78, 5) is 2.29. The Balaban J connectivity index is 1.94. The Labute approximate surface area is 162 Å². The van der Waals surface area contributed by atoms with Gasteiger partial charge in [0.15, 0.2) is 5.71 Å². The fourth-order valence-electron chi connectivity index (χ4n) is 4.12. The Morgan fingerprint density at radius 3 is 2.35 bits per heavy atom. The lowest BCUT2D eigenvalue weighted by Crippen LogP contribution is -2.29. The summed E-state index contributed by atoms with van der Waals surface area (Å²) < 4.78 is 2.29. The zero-order valence-corrected chi connectivity index (χ0v) is 17.0. The maximum absolute atomic E-state index is 5.92. The number of benzene rings is 2. The van der Waals surface area contributed by atoms with E-state index in [1.54, 1.807) is 0 Å². The molecule has 0 aromatic heterocycles. The summed E-state index contributed by atoms with van der Waals surface area (Å²) in [5.74, 6) is 0.636. The molecule has 0 spiro atoms. The van der Waals surface area contributed by atoms with Crippen LogP contribution in [0.15, 0.2) is 55.1 Å². The fraction of sp³-hybridized carbons (Fsp3) is 0.348. The molecule has 136 valence electrons. The molecule has 2 nitrogen and oxygen atoms in total. The fourth-order valence-corrected chi connectivity index (χ4v) is 4.33. The van der Waals surface area contributed by atoms with Crippen molar-refractivity contribution in [3.8, 4) is 0 Å². The molecular weight excluding hydrogens is 340 g/mol. The van der Waals surface area contributed by atoms with Gasteiger partial charge >= 0.3 is 0 Å². The van der Waals surface area contributed by atoms with E-state index in [4.69, 9.17) is 11.6 Å². The van der Waals surface area contributed by atoms with Gasteiger partial charge < -0.3 is 4.90 Å². The van der Waals surface area contributed by atoms with Crippen LogP contribution in [0, 0.1) is 0 Å². The van der Waals surface area contributed by atoms with E-state index in [1.807, 2.05) is 0 Å². The van der Waals surface area contributed by atoms with Crippen molar-refractivity contribution in [3.63, 3.8) is 0 Å². The van der Waals surface area contributed by atoms with Crippen molar-refractivity contribution in [2.45, 2.75) is 26.2 Å². The van der Waals surface area contributed by atoms with Gasteiger partial charge in [0.25, 0.3) is 0 Å². The Kier molecular flexibility index (Phi) is 5.24. The van der Waals surface area contributed by atoms with Crippen LogP contribution in [0.2, 0.25) is 0 Å². The lowest BCUT2D eigenvalue weighted by Gasteiger charge is -2.23. The number of anilines is 1. The van der Waals surface area contributed by atoms with E-state index in [0.29, 0.717) is 5.88 Å². The number of allylic oxidation sites excluding steroid dienone is 1. The van der Waals surface area contributed by atoms with Crippen molar-refractivity contribution in [2.24, 2.45) is 0 Å². The molecule has 0 saturated heterocycles. The minimum Gasteiger partial charge on any atom is -0.371 e. The van der Waals surface area contributed by atoms with Gasteiger partial charge in [-0.3, -0.25) is 0 Å². The summed E-state index contributed by atoms with van der Waals surface area (Å²) in [6, 6.07) is 17.3. The average molecular weight is 368 g/mol. The molecule has 0 amide bonds. The molecule has 0 N–H and O–H groups in total. The van der Waals surface area contributed by atoms with Gasteiger partial charge in [0.1, 0.15) is 7.05 Å². The van der Waals surface area contributed by atoms with Crippen LogP contribution < -0.4 is 4.90 Å². The van der Waals surface area contributed by atoms with Gasteiger partial charge in [0, 0.05) is 41.9 Å². The smallest absolute Gasteiger partial charge is 0.209 e. The largest absolute Gasteiger partial charge is 0.371 e. The standard InChI is InChI=1S/C23H28ClN2/c1-6-26(16-15-24)19-13-11-18(12-14-19)17(2)22-23(3,4)20-9-7-8-10-21(20)25(22)5/h7-14H,2,6,15-16H2,1,3-5H3/q+1. The number of halogens is 1. The number of fused-ring (bicyclic) bond motifs is 1. The van der Waals surface area contributed by atoms with Gasteiger partial charge in [-0.15, -0.1) is 11.6 Å². The molecule has 0 bridgehead atoms. The Hall–Kier alpha value is -2.06. The highest BCUT2D eigenvalue weighted by Gasteiger charge is 2.45. The van der Waals surface area contributed by atoms with Crippen molar-refractivity contribution in [1.82, 2.24) is 0 Å². The van der Waals surface area contributed by atoms with E-state index in [1.165, 1.54) is 28.2 Å². The lowest BCUT2D eigenvalue weighted by atomic mass is 9.78. The summed E-state index contributed by atoms with van der Waals surface area (Å²) >= 11 is 5.92. The van der Waals surface area contributed by atoms with Crippen LogP contribution in [0.3, 0.4) is 0 Å². The van der Waals surface area contributed by atoms with Gasteiger partial charge in [-0.1, -0.05) is 36.9 Å². The van der Waals surface area contributed by atoms with Gasteiger partial charge in [0.2, 0.25) is 5.69 Å². The quantitative estimate of drug-likeness (QED) is 0.484. The molecule has 0 fully saturated rings. The molecular formula is C23H28ClN2+. The third-order valence-electron chi connectivity index (χ3n) is 5.47. The zero-order valence-electron chi connectivity index (χ0n) is 16.2. The van der Waals surface area contributed by atoms with E-state index in [2.05, 4.69) is 92.4 Å². The summed E-state index contributed by atoms with van der Waals surface area (Å²) in [5.41, 5.74) is 7.28. The van der Waals surface area contributed by atoms with Gasteiger partial charge in [-0.2, -0.15) is 4.58 Å². The van der Waals surface area contributed by atoms with Crippen LogP contribution in [-0.2, 0) is 5.41 Å². The van der Waals surface area contributed by atoms with Crippen LogP contribution in [0.5, 0.6) is 0 Å². The van der Waals surface area contributed by atoms with Crippen LogP contribution in [0.25, 0.3) is 5.57 Å². The molecule has 1 aliphatic heterocycles. The lowest BCUT2D eigenvalue weighted by molar-refractivity contribution is -0.401. The maximum atomic E-state index is 5.92. The number of hydrogen-bond donors (Lipinski definition) is 0. The highest BCUT2D eigenvalue weighted by Crippen LogP contribution is 2.42. The first-order valence-electron chi connectivity index (χ1n) is 9.23. The molecule has 1 aliphatic rings. The van der Waals surface area contributed by atoms with Crippen molar-refractivity contribution < 1.29 is 4.58 Å². The first kappa shape index (κ1) is 18.7. The molecule has 2 aromatic rings. The molecule has 2 aromatic carbocycles. The number of para-hydroxylation sites is 1.